The first-order chi connectivity index (χ1) is 19.1. The van der Waals surface area contributed by atoms with Gasteiger partial charge in [-0.3, -0.25) is 0 Å². The molecule has 39 heavy (non-hydrogen) atoms. The second kappa shape index (κ2) is 10.1. The van der Waals surface area contributed by atoms with Gasteiger partial charge in [-0.25, -0.2) is 13.9 Å². The number of aromatic nitrogens is 3. The number of anilines is 1. The molecule has 0 saturated heterocycles. The summed E-state index contributed by atoms with van der Waals surface area (Å²) < 4.78 is 23.8. The summed E-state index contributed by atoms with van der Waals surface area (Å²) >= 11 is 0. The second-order valence-corrected chi connectivity index (χ2v) is 9.40. The van der Waals surface area contributed by atoms with Crippen molar-refractivity contribution in [2.24, 2.45) is 0 Å². The van der Waals surface area contributed by atoms with E-state index >= 15 is 0 Å². The van der Waals surface area contributed by atoms with Crippen molar-refractivity contribution in [1.82, 2.24) is 19.2 Å². The molecule has 6 rings (SSSR count). The third-order valence-electron chi connectivity index (χ3n) is 7.07. The molecule has 5 aromatic rings. The SMILES string of the molecule is CCc1nn(-c2ccccc2)c2c1CN(C(=O)Nc1ccc(OC)cc1)[C@@H](c1cccc(F)c1)c1cccn1-2. The van der Waals surface area contributed by atoms with Gasteiger partial charge in [0.15, 0.2) is 0 Å². The van der Waals surface area contributed by atoms with E-state index in [4.69, 9.17) is 9.84 Å². The number of ether oxygens (including phenoxy) is 1. The Morgan fingerprint density at radius 1 is 1.03 bits per heavy atom. The maximum atomic E-state index is 14.5. The number of methoxy groups -OCH3 is 1. The summed E-state index contributed by atoms with van der Waals surface area (Å²) in [6.45, 7) is 2.35. The lowest BCUT2D eigenvalue weighted by Crippen LogP contribution is -2.38. The van der Waals surface area contributed by atoms with Crippen LogP contribution in [0.15, 0.2) is 97.2 Å². The van der Waals surface area contributed by atoms with Gasteiger partial charge >= 0.3 is 6.03 Å². The smallest absolute Gasteiger partial charge is 0.322 e. The molecule has 0 fully saturated rings. The van der Waals surface area contributed by atoms with Crippen LogP contribution < -0.4 is 10.1 Å². The Hall–Kier alpha value is -4.85. The maximum Gasteiger partial charge on any atom is 0.322 e. The molecule has 1 aliphatic rings. The van der Waals surface area contributed by atoms with Gasteiger partial charge in [-0.05, 0) is 72.6 Å². The highest BCUT2D eigenvalue weighted by molar-refractivity contribution is 5.90. The average molecular weight is 522 g/mol. The number of carbonyl (C=O) groups is 1. The molecule has 8 heteroatoms. The van der Waals surface area contributed by atoms with Crippen molar-refractivity contribution in [2.45, 2.75) is 25.9 Å². The van der Waals surface area contributed by atoms with Gasteiger partial charge in [-0.1, -0.05) is 37.3 Å². The maximum absolute atomic E-state index is 14.5. The fourth-order valence-electron chi connectivity index (χ4n) is 5.25. The molecule has 1 atom stereocenters. The van der Waals surface area contributed by atoms with E-state index in [1.807, 2.05) is 59.4 Å². The van der Waals surface area contributed by atoms with Gasteiger partial charge in [0.05, 0.1) is 36.8 Å². The number of carbonyl (C=O) groups excluding carboxylic acids is 1. The number of hydrogen-bond donors (Lipinski definition) is 1. The number of halogens is 1. The normalized spacial score (nSPS) is 14.3. The fraction of sp³-hybridized carbons (Fsp3) is 0.161. The Kier molecular flexibility index (Phi) is 6.36. The fourth-order valence-corrected chi connectivity index (χ4v) is 5.25. The molecular weight excluding hydrogens is 493 g/mol. The van der Waals surface area contributed by atoms with Crippen LogP contribution in [0.4, 0.5) is 14.9 Å². The molecule has 2 aromatic heterocycles. The molecule has 0 aliphatic carbocycles. The molecule has 0 bridgehead atoms. The van der Waals surface area contributed by atoms with Crippen LogP contribution >= 0.6 is 0 Å². The summed E-state index contributed by atoms with van der Waals surface area (Å²) in [6.07, 6.45) is 2.67. The topological polar surface area (TPSA) is 64.3 Å². The molecule has 3 heterocycles. The Morgan fingerprint density at radius 3 is 2.54 bits per heavy atom. The van der Waals surface area contributed by atoms with Crippen molar-refractivity contribution in [3.63, 3.8) is 0 Å². The Bertz CT molecular complexity index is 1620. The number of fused-ring (bicyclic) bond motifs is 3. The van der Waals surface area contributed by atoms with Crippen LogP contribution in [0.3, 0.4) is 0 Å². The van der Waals surface area contributed by atoms with Crippen molar-refractivity contribution < 1.29 is 13.9 Å². The molecule has 1 N–H and O–H groups in total. The van der Waals surface area contributed by atoms with E-state index in [0.29, 0.717) is 23.4 Å². The number of urea groups is 1. The lowest BCUT2D eigenvalue weighted by molar-refractivity contribution is 0.194. The van der Waals surface area contributed by atoms with Gasteiger partial charge in [0.1, 0.15) is 17.4 Å². The number of amides is 2. The Morgan fingerprint density at radius 2 is 1.82 bits per heavy atom. The number of aryl methyl sites for hydroxylation is 1. The van der Waals surface area contributed by atoms with Gasteiger partial charge in [0.25, 0.3) is 0 Å². The van der Waals surface area contributed by atoms with E-state index in [-0.39, 0.29) is 18.4 Å². The zero-order valence-corrected chi connectivity index (χ0v) is 21.7. The first-order valence-electron chi connectivity index (χ1n) is 12.9. The van der Waals surface area contributed by atoms with Gasteiger partial charge < -0.3 is 19.5 Å². The first-order valence-corrected chi connectivity index (χ1v) is 12.9. The Labute approximate surface area is 226 Å². The Balaban J connectivity index is 1.53. The van der Waals surface area contributed by atoms with Crippen molar-refractivity contribution in [3.05, 3.63) is 126 Å². The number of hydrogen-bond acceptors (Lipinski definition) is 3. The van der Waals surface area contributed by atoms with E-state index in [0.717, 1.165) is 28.5 Å². The predicted octanol–water partition coefficient (Wildman–Crippen LogP) is 6.51. The zero-order chi connectivity index (χ0) is 26.9. The number of nitrogens with zero attached hydrogens (tertiary/aromatic N) is 4. The van der Waals surface area contributed by atoms with E-state index in [1.165, 1.54) is 12.1 Å². The first kappa shape index (κ1) is 24.5. The largest absolute Gasteiger partial charge is 0.497 e. The van der Waals surface area contributed by atoms with Crippen LogP contribution in [0, 0.1) is 5.82 Å². The molecule has 0 radical (unpaired) electrons. The third-order valence-corrected chi connectivity index (χ3v) is 7.07. The molecule has 2 amide bonds. The number of rotatable bonds is 5. The second-order valence-electron chi connectivity index (χ2n) is 9.40. The highest BCUT2D eigenvalue weighted by atomic mass is 19.1. The van der Waals surface area contributed by atoms with Crippen LogP contribution in [0.1, 0.15) is 35.5 Å². The van der Waals surface area contributed by atoms with Crippen LogP contribution in [-0.4, -0.2) is 32.4 Å². The predicted molar refractivity (Wildman–Crippen MR) is 148 cm³/mol. The summed E-state index contributed by atoms with van der Waals surface area (Å²) in [4.78, 5) is 15.8. The van der Waals surface area contributed by atoms with Crippen LogP contribution in [0.25, 0.3) is 11.5 Å². The highest BCUT2D eigenvalue weighted by Crippen LogP contribution is 2.39. The number of benzene rings is 3. The zero-order valence-electron chi connectivity index (χ0n) is 21.7. The summed E-state index contributed by atoms with van der Waals surface area (Å²) in [5.74, 6) is 1.22. The van der Waals surface area contributed by atoms with Gasteiger partial charge in [-0.15, -0.1) is 0 Å². The minimum absolute atomic E-state index is 0.288. The molecule has 0 saturated carbocycles. The number of nitrogens with one attached hydrogen (secondary N) is 1. The van der Waals surface area contributed by atoms with E-state index in [1.54, 1.807) is 42.3 Å². The average Bonchev–Trinajstić information content (AvgIpc) is 3.55. The van der Waals surface area contributed by atoms with E-state index in [9.17, 15) is 9.18 Å². The van der Waals surface area contributed by atoms with Crippen LogP contribution in [0.5, 0.6) is 5.75 Å². The van der Waals surface area contributed by atoms with E-state index in [2.05, 4.69) is 16.8 Å². The standard InChI is InChI=1S/C31H28FN5O2/c1-3-27-26-20-36(31(38)33-23-14-16-25(39-2)17-15-23)29(21-9-7-10-22(32)19-21)28-13-8-18-35(28)30(26)37(34-27)24-11-5-4-6-12-24/h4-19,29H,3,20H2,1-2H3,(H,33,38)/t29-/m0/s1. The van der Waals surface area contributed by atoms with Crippen molar-refractivity contribution in [1.29, 1.82) is 0 Å². The quantitative estimate of drug-likeness (QED) is 0.287. The van der Waals surface area contributed by atoms with Crippen LogP contribution in [0.2, 0.25) is 0 Å². The minimum atomic E-state index is -0.546. The third kappa shape index (κ3) is 4.44. The molecule has 3 aromatic carbocycles. The van der Waals surface area contributed by atoms with Gasteiger partial charge in [-0.2, -0.15) is 5.10 Å². The lowest BCUT2D eigenvalue weighted by atomic mass is 10.0. The molecule has 0 unspecified atom stereocenters. The highest BCUT2D eigenvalue weighted by Gasteiger charge is 2.36. The van der Waals surface area contributed by atoms with Gasteiger partial charge in [0.2, 0.25) is 0 Å². The van der Waals surface area contributed by atoms with E-state index < -0.39 is 6.04 Å². The lowest BCUT2D eigenvalue weighted by Gasteiger charge is -2.31. The van der Waals surface area contributed by atoms with Crippen molar-refractivity contribution in [2.75, 3.05) is 12.4 Å². The molecular formula is C31H28FN5O2. The summed E-state index contributed by atoms with van der Waals surface area (Å²) in [6, 6.07) is 26.7. The minimum Gasteiger partial charge on any atom is -0.497 e. The van der Waals surface area contributed by atoms with Crippen molar-refractivity contribution in [3.8, 4) is 17.3 Å². The molecule has 0 spiro atoms. The monoisotopic (exact) mass is 521 g/mol. The summed E-state index contributed by atoms with van der Waals surface area (Å²) in [7, 11) is 1.60. The molecule has 1 aliphatic heterocycles. The van der Waals surface area contributed by atoms with Crippen molar-refractivity contribution >= 4 is 11.7 Å². The molecule has 196 valence electrons. The summed E-state index contributed by atoms with van der Waals surface area (Å²) in [5, 5.41) is 8.01. The molecule has 7 nitrogen and oxygen atoms in total. The summed E-state index contributed by atoms with van der Waals surface area (Å²) in [5.41, 5.74) is 4.92. The van der Waals surface area contributed by atoms with Gasteiger partial charge in [0, 0.05) is 17.4 Å². The number of para-hydroxylation sites is 1. The van der Waals surface area contributed by atoms with Crippen LogP contribution in [-0.2, 0) is 13.0 Å².